The number of alkyl halides is 2. The molecule has 0 bridgehead atoms. The van der Waals surface area contributed by atoms with Crippen LogP contribution in [0, 0.1) is 6.92 Å². The molecule has 1 aromatic rings. The second kappa shape index (κ2) is 6.18. The highest BCUT2D eigenvalue weighted by molar-refractivity contribution is 5.76. The second-order valence-electron chi connectivity index (χ2n) is 3.62. The van der Waals surface area contributed by atoms with Gasteiger partial charge in [0.1, 0.15) is 5.75 Å². The molecular formula is C12H15F2NO3. The van der Waals surface area contributed by atoms with Gasteiger partial charge in [-0.2, -0.15) is 8.78 Å². The first-order chi connectivity index (χ1) is 8.45. The number of hydrogen-bond acceptors (Lipinski definition) is 4. The zero-order valence-corrected chi connectivity index (χ0v) is 10.2. The minimum Gasteiger partial charge on any atom is -0.466 e. The van der Waals surface area contributed by atoms with Gasteiger partial charge in [0.2, 0.25) is 0 Å². The van der Waals surface area contributed by atoms with E-state index in [2.05, 4.69) is 4.74 Å². The van der Waals surface area contributed by atoms with Crippen molar-refractivity contribution in [3.8, 4) is 5.75 Å². The van der Waals surface area contributed by atoms with Crippen molar-refractivity contribution in [1.82, 2.24) is 0 Å². The van der Waals surface area contributed by atoms with Crippen LogP contribution >= 0.6 is 0 Å². The molecule has 0 fully saturated rings. The van der Waals surface area contributed by atoms with Crippen molar-refractivity contribution >= 4 is 11.7 Å². The number of ether oxygens (including phenoxy) is 2. The minimum absolute atomic E-state index is 0.0125. The van der Waals surface area contributed by atoms with E-state index in [1.807, 2.05) is 0 Å². The Bertz CT molecular complexity index is 436. The van der Waals surface area contributed by atoms with E-state index in [1.54, 1.807) is 13.8 Å². The van der Waals surface area contributed by atoms with E-state index in [4.69, 9.17) is 10.5 Å². The fraction of sp³-hybridized carbons (Fsp3) is 0.417. The van der Waals surface area contributed by atoms with Crippen molar-refractivity contribution < 1.29 is 23.0 Å². The summed E-state index contributed by atoms with van der Waals surface area (Å²) < 4.78 is 33.5. The highest BCUT2D eigenvalue weighted by Gasteiger charge is 2.15. The first kappa shape index (κ1) is 14.2. The number of nitrogens with two attached hydrogens (primary N) is 1. The Morgan fingerprint density at radius 1 is 1.44 bits per heavy atom. The monoisotopic (exact) mass is 259 g/mol. The molecule has 18 heavy (non-hydrogen) atoms. The van der Waals surface area contributed by atoms with Gasteiger partial charge in [0.05, 0.1) is 13.0 Å². The van der Waals surface area contributed by atoms with Crippen molar-refractivity contribution in [1.29, 1.82) is 0 Å². The molecule has 2 N–H and O–H groups in total. The maximum Gasteiger partial charge on any atom is 0.387 e. The van der Waals surface area contributed by atoms with Gasteiger partial charge in [-0.05, 0) is 37.1 Å². The number of carbonyl (C=O) groups excluding carboxylic acids is 1. The SMILES string of the molecule is CCOC(=O)Cc1c(N)ccc(OC(F)F)c1C. The lowest BCUT2D eigenvalue weighted by Crippen LogP contribution is -2.12. The van der Waals surface area contributed by atoms with E-state index in [0.29, 0.717) is 16.8 Å². The second-order valence-corrected chi connectivity index (χ2v) is 3.62. The predicted molar refractivity (Wildman–Crippen MR) is 62.6 cm³/mol. The third-order valence-corrected chi connectivity index (χ3v) is 2.43. The van der Waals surface area contributed by atoms with E-state index >= 15 is 0 Å². The van der Waals surface area contributed by atoms with Gasteiger partial charge in [0.25, 0.3) is 0 Å². The third kappa shape index (κ3) is 3.58. The summed E-state index contributed by atoms with van der Waals surface area (Å²) >= 11 is 0. The molecule has 0 atom stereocenters. The van der Waals surface area contributed by atoms with Crippen LogP contribution in [0.5, 0.6) is 5.75 Å². The van der Waals surface area contributed by atoms with Crippen molar-refractivity contribution in [3.05, 3.63) is 23.3 Å². The maximum absolute atomic E-state index is 12.2. The Morgan fingerprint density at radius 2 is 2.11 bits per heavy atom. The molecule has 0 amide bonds. The zero-order valence-electron chi connectivity index (χ0n) is 10.2. The lowest BCUT2D eigenvalue weighted by atomic mass is 10.0. The Balaban J connectivity index is 2.99. The lowest BCUT2D eigenvalue weighted by molar-refractivity contribution is -0.142. The van der Waals surface area contributed by atoms with Crippen molar-refractivity contribution in [2.24, 2.45) is 0 Å². The Hall–Kier alpha value is -1.85. The summed E-state index contributed by atoms with van der Waals surface area (Å²) in [6, 6.07) is 2.78. The smallest absolute Gasteiger partial charge is 0.387 e. The molecule has 4 nitrogen and oxygen atoms in total. The van der Waals surface area contributed by atoms with Crippen LogP contribution in [0.15, 0.2) is 12.1 Å². The van der Waals surface area contributed by atoms with Gasteiger partial charge < -0.3 is 15.2 Å². The molecule has 0 spiro atoms. The van der Waals surface area contributed by atoms with Crippen LogP contribution in [0.4, 0.5) is 14.5 Å². The molecule has 0 unspecified atom stereocenters. The molecular weight excluding hydrogens is 244 g/mol. The molecule has 1 rings (SSSR count). The molecule has 0 aliphatic heterocycles. The number of anilines is 1. The van der Waals surface area contributed by atoms with E-state index in [0.717, 1.165) is 0 Å². The summed E-state index contributed by atoms with van der Waals surface area (Å²) in [6.07, 6.45) is -0.0635. The van der Waals surface area contributed by atoms with E-state index in [9.17, 15) is 13.6 Å². The van der Waals surface area contributed by atoms with E-state index < -0.39 is 12.6 Å². The highest BCUT2D eigenvalue weighted by atomic mass is 19.3. The van der Waals surface area contributed by atoms with E-state index in [-0.39, 0.29) is 18.8 Å². The van der Waals surface area contributed by atoms with E-state index in [1.165, 1.54) is 12.1 Å². The topological polar surface area (TPSA) is 61.5 Å². The number of nitrogen functional groups attached to an aromatic ring is 1. The normalized spacial score (nSPS) is 10.5. The fourth-order valence-corrected chi connectivity index (χ4v) is 1.57. The Kier molecular flexibility index (Phi) is 4.88. The zero-order chi connectivity index (χ0) is 13.7. The summed E-state index contributed by atoms with van der Waals surface area (Å²) in [6.45, 7) is 0.598. The van der Waals surface area contributed by atoms with Crippen LogP contribution in [0.2, 0.25) is 0 Å². The van der Waals surface area contributed by atoms with Gasteiger partial charge in [-0.15, -0.1) is 0 Å². The average Bonchev–Trinajstić information content (AvgIpc) is 2.28. The van der Waals surface area contributed by atoms with Crippen LogP contribution in [-0.4, -0.2) is 19.2 Å². The van der Waals surface area contributed by atoms with Gasteiger partial charge in [0.15, 0.2) is 0 Å². The highest BCUT2D eigenvalue weighted by Crippen LogP contribution is 2.28. The number of esters is 1. The van der Waals surface area contributed by atoms with Crippen molar-refractivity contribution in [3.63, 3.8) is 0 Å². The van der Waals surface area contributed by atoms with Gasteiger partial charge in [-0.1, -0.05) is 0 Å². The largest absolute Gasteiger partial charge is 0.466 e. The molecule has 0 aliphatic rings. The average molecular weight is 259 g/mol. The molecule has 0 saturated heterocycles. The molecule has 0 aliphatic carbocycles. The van der Waals surface area contributed by atoms with Crippen molar-refractivity contribution in [2.75, 3.05) is 12.3 Å². The summed E-state index contributed by atoms with van der Waals surface area (Å²) in [5, 5.41) is 0. The van der Waals surface area contributed by atoms with Crippen molar-refractivity contribution in [2.45, 2.75) is 26.9 Å². The Morgan fingerprint density at radius 3 is 2.67 bits per heavy atom. The number of hydrogen-bond donors (Lipinski definition) is 1. The molecule has 6 heteroatoms. The fourth-order valence-electron chi connectivity index (χ4n) is 1.57. The van der Waals surface area contributed by atoms with Crippen LogP contribution in [0.1, 0.15) is 18.1 Å². The molecule has 0 heterocycles. The van der Waals surface area contributed by atoms with Gasteiger partial charge in [0, 0.05) is 5.69 Å². The lowest BCUT2D eigenvalue weighted by Gasteiger charge is -2.14. The number of rotatable bonds is 5. The number of halogens is 2. The molecule has 0 saturated carbocycles. The van der Waals surface area contributed by atoms with Crippen LogP contribution < -0.4 is 10.5 Å². The number of benzene rings is 1. The first-order valence-corrected chi connectivity index (χ1v) is 5.44. The summed E-state index contributed by atoms with van der Waals surface area (Å²) in [5.41, 5.74) is 6.93. The predicted octanol–water partition coefficient (Wildman–Crippen LogP) is 2.28. The minimum atomic E-state index is -2.91. The third-order valence-electron chi connectivity index (χ3n) is 2.43. The Labute approximate surface area is 104 Å². The molecule has 0 radical (unpaired) electrons. The summed E-state index contributed by atoms with van der Waals surface area (Å²) in [5.74, 6) is -0.444. The van der Waals surface area contributed by atoms with Crippen LogP contribution in [0.25, 0.3) is 0 Å². The van der Waals surface area contributed by atoms with Gasteiger partial charge in [-0.3, -0.25) is 4.79 Å². The number of carbonyl (C=O) groups is 1. The molecule has 0 aromatic heterocycles. The molecule has 100 valence electrons. The van der Waals surface area contributed by atoms with Crippen LogP contribution in [-0.2, 0) is 16.0 Å². The quantitative estimate of drug-likeness (QED) is 0.651. The molecule has 1 aromatic carbocycles. The summed E-state index contributed by atoms with van der Waals surface area (Å²) in [7, 11) is 0. The van der Waals surface area contributed by atoms with Gasteiger partial charge >= 0.3 is 12.6 Å². The maximum atomic E-state index is 12.2. The standard InChI is InChI=1S/C12H15F2NO3/c1-3-17-11(16)6-8-7(2)10(18-12(13)14)5-4-9(8)15/h4-5,12H,3,6,15H2,1-2H3. The van der Waals surface area contributed by atoms with Crippen LogP contribution in [0.3, 0.4) is 0 Å². The van der Waals surface area contributed by atoms with Gasteiger partial charge in [-0.25, -0.2) is 0 Å². The summed E-state index contributed by atoms with van der Waals surface area (Å²) in [4.78, 5) is 11.4. The first-order valence-electron chi connectivity index (χ1n) is 5.44.